The third kappa shape index (κ3) is 4.82. The fourth-order valence-electron chi connectivity index (χ4n) is 1.12. The molecular weight excluding hydrogens is 244 g/mol. The van der Waals surface area contributed by atoms with Crippen molar-refractivity contribution in [1.82, 2.24) is 4.98 Å². The molecule has 5 nitrogen and oxygen atoms in total. The van der Waals surface area contributed by atoms with Crippen LogP contribution in [0.4, 0.5) is 5.82 Å². The number of pyridine rings is 1. The first-order chi connectivity index (χ1) is 8.13. The molecule has 0 aromatic carbocycles. The van der Waals surface area contributed by atoms with Crippen molar-refractivity contribution in [3.05, 3.63) is 23.4 Å². The molecule has 0 radical (unpaired) electrons. The number of carbonyl (C=O) groups excluding carboxylic acids is 2. The van der Waals surface area contributed by atoms with Crippen LogP contribution in [0.25, 0.3) is 0 Å². The number of hydrogen-bond acceptors (Lipinski definition) is 4. The summed E-state index contributed by atoms with van der Waals surface area (Å²) < 4.78 is 4.71. The van der Waals surface area contributed by atoms with Crippen LogP contribution in [0.15, 0.2) is 18.3 Å². The first-order valence-electron chi connectivity index (χ1n) is 5.19. The molecule has 92 valence electrons. The SMILES string of the molecule is CCOC(=O)CCC(=O)Nc1ncccc1Cl. The fraction of sp³-hybridized carbons (Fsp3) is 0.364. The van der Waals surface area contributed by atoms with Crippen molar-refractivity contribution in [2.75, 3.05) is 11.9 Å². The largest absolute Gasteiger partial charge is 0.466 e. The maximum atomic E-state index is 11.5. The van der Waals surface area contributed by atoms with E-state index < -0.39 is 5.97 Å². The minimum atomic E-state index is -0.394. The monoisotopic (exact) mass is 256 g/mol. The van der Waals surface area contributed by atoms with Gasteiger partial charge in [0.1, 0.15) is 0 Å². The van der Waals surface area contributed by atoms with Crippen LogP contribution in [0, 0.1) is 0 Å². The molecule has 0 bridgehead atoms. The Morgan fingerprint density at radius 3 is 2.88 bits per heavy atom. The first kappa shape index (κ1) is 13.4. The number of hydrogen-bond donors (Lipinski definition) is 1. The van der Waals surface area contributed by atoms with Crippen molar-refractivity contribution in [2.45, 2.75) is 19.8 Å². The molecule has 0 aliphatic rings. The van der Waals surface area contributed by atoms with Gasteiger partial charge in [0.05, 0.1) is 18.1 Å². The number of carbonyl (C=O) groups is 2. The highest BCUT2D eigenvalue weighted by Gasteiger charge is 2.09. The summed E-state index contributed by atoms with van der Waals surface area (Å²) in [6.07, 6.45) is 1.61. The predicted molar refractivity (Wildman–Crippen MR) is 63.7 cm³/mol. The zero-order chi connectivity index (χ0) is 12.7. The predicted octanol–water partition coefficient (Wildman–Crippen LogP) is 2.02. The van der Waals surface area contributed by atoms with E-state index in [9.17, 15) is 9.59 Å². The van der Waals surface area contributed by atoms with Crippen molar-refractivity contribution in [2.24, 2.45) is 0 Å². The van der Waals surface area contributed by atoms with Crippen LogP contribution in [-0.2, 0) is 14.3 Å². The molecule has 1 aromatic rings. The van der Waals surface area contributed by atoms with Crippen LogP contribution in [0.1, 0.15) is 19.8 Å². The molecule has 0 spiro atoms. The molecule has 0 atom stereocenters. The van der Waals surface area contributed by atoms with Gasteiger partial charge >= 0.3 is 5.97 Å². The van der Waals surface area contributed by atoms with Gasteiger partial charge in [0, 0.05) is 12.6 Å². The van der Waals surface area contributed by atoms with Crippen molar-refractivity contribution in [3.63, 3.8) is 0 Å². The average molecular weight is 257 g/mol. The number of halogens is 1. The van der Waals surface area contributed by atoms with Gasteiger partial charge in [-0.15, -0.1) is 0 Å². The molecule has 0 unspecified atom stereocenters. The molecule has 1 aromatic heterocycles. The molecule has 0 fully saturated rings. The second-order valence-corrected chi connectivity index (χ2v) is 3.59. The number of amides is 1. The highest BCUT2D eigenvalue weighted by molar-refractivity contribution is 6.33. The van der Waals surface area contributed by atoms with Crippen molar-refractivity contribution in [1.29, 1.82) is 0 Å². The summed E-state index contributed by atoms with van der Waals surface area (Å²) in [5.41, 5.74) is 0. The van der Waals surface area contributed by atoms with Gasteiger partial charge in [0.2, 0.25) is 5.91 Å². The Morgan fingerprint density at radius 1 is 1.47 bits per heavy atom. The van der Waals surface area contributed by atoms with E-state index in [0.29, 0.717) is 17.4 Å². The molecule has 17 heavy (non-hydrogen) atoms. The average Bonchev–Trinajstić information content (AvgIpc) is 2.30. The van der Waals surface area contributed by atoms with Crippen LogP contribution in [0.3, 0.4) is 0 Å². The molecule has 1 heterocycles. The van der Waals surface area contributed by atoms with Gasteiger partial charge in [-0.1, -0.05) is 11.6 Å². The highest BCUT2D eigenvalue weighted by atomic mass is 35.5. The Balaban J connectivity index is 2.40. The van der Waals surface area contributed by atoms with Gasteiger partial charge in [-0.2, -0.15) is 0 Å². The molecular formula is C11H13ClN2O3. The van der Waals surface area contributed by atoms with Crippen molar-refractivity contribution in [3.8, 4) is 0 Å². The van der Waals surface area contributed by atoms with Gasteiger partial charge < -0.3 is 10.1 Å². The topological polar surface area (TPSA) is 68.3 Å². The summed E-state index contributed by atoms with van der Waals surface area (Å²) in [5, 5.41) is 2.88. The van der Waals surface area contributed by atoms with Gasteiger partial charge in [-0.3, -0.25) is 9.59 Å². The molecule has 1 amide bonds. The zero-order valence-electron chi connectivity index (χ0n) is 9.40. The van der Waals surface area contributed by atoms with E-state index in [1.54, 1.807) is 19.1 Å². The Hall–Kier alpha value is -1.62. The van der Waals surface area contributed by atoms with E-state index in [-0.39, 0.29) is 18.7 Å². The molecule has 0 saturated heterocycles. The number of nitrogens with zero attached hydrogens (tertiary/aromatic N) is 1. The van der Waals surface area contributed by atoms with Gasteiger partial charge in [0.15, 0.2) is 5.82 Å². The van der Waals surface area contributed by atoms with Crippen molar-refractivity contribution >= 4 is 29.3 Å². The van der Waals surface area contributed by atoms with Crippen LogP contribution in [0.5, 0.6) is 0 Å². The summed E-state index contributed by atoms with van der Waals surface area (Å²) in [7, 11) is 0. The van der Waals surface area contributed by atoms with Crippen LogP contribution in [-0.4, -0.2) is 23.5 Å². The maximum Gasteiger partial charge on any atom is 0.306 e. The molecule has 0 aliphatic heterocycles. The van der Waals surface area contributed by atoms with E-state index in [2.05, 4.69) is 10.3 Å². The highest BCUT2D eigenvalue weighted by Crippen LogP contribution is 2.17. The third-order valence-corrected chi connectivity index (χ3v) is 2.18. The van der Waals surface area contributed by atoms with Gasteiger partial charge in [0.25, 0.3) is 0 Å². The summed E-state index contributed by atoms with van der Waals surface area (Å²) in [5.74, 6) is -0.420. The lowest BCUT2D eigenvalue weighted by atomic mass is 10.3. The minimum Gasteiger partial charge on any atom is -0.466 e. The van der Waals surface area contributed by atoms with E-state index in [0.717, 1.165) is 0 Å². The lowest BCUT2D eigenvalue weighted by molar-refractivity contribution is -0.144. The first-order valence-corrected chi connectivity index (χ1v) is 5.57. The Bertz CT molecular complexity index is 409. The Kier molecular flexibility index (Phi) is 5.42. The number of anilines is 1. The number of esters is 1. The number of nitrogens with one attached hydrogen (secondary N) is 1. The standard InChI is InChI=1S/C11H13ClN2O3/c1-2-17-10(16)6-5-9(15)14-11-8(12)4-3-7-13-11/h3-4,7H,2,5-6H2,1H3,(H,13,14,15). The zero-order valence-corrected chi connectivity index (χ0v) is 10.2. The van der Waals surface area contributed by atoms with E-state index >= 15 is 0 Å². The summed E-state index contributed by atoms with van der Waals surface area (Å²) in [6, 6.07) is 3.28. The number of aromatic nitrogens is 1. The summed E-state index contributed by atoms with van der Waals surface area (Å²) in [6.45, 7) is 2.03. The molecule has 6 heteroatoms. The number of ether oxygens (including phenoxy) is 1. The minimum absolute atomic E-state index is 0.0458. The van der Waals surface area contributed by atoms with Gasteiger partial charge in [-0.25, -0.2) is 4.98 Å². The smallest absolute Gasteiger partial charge is 0.306 e. The second kappa shape index (κ2) is 6.85. The summed E-state index contributed by atoms with van der Waals surface area (Å²) >= 11 is 5.81. The molecule has 1 rings (SSSR count). The van der Waals surface area contributed by atoms with Gasteiger partial charge in [-0.05, 0) is 19.1 Å². The normalized spacial score (nSPS) is 9.76. The molecule has 1 N–H and O–H groups in total. The van der Waals surface area contributed by atoms with Crippen LogP contribution in [0.2, 0.25) is 5.02 Å². The molecule has 0 saturated carbocycles. The van der Waals surface area contributed by atoms with Crippen LogP contribution >= 0.6 is 11.6 Å². The van der Waals surface area contributed by atoms with E-state index in [4.69, 9.17) is 16.3 Å². The fourth-order valence-corrected chi connectivity index (χ4v) is 1.29. The van der Waals surface area contributed by atoms with E-state index in [1.807, 2.05) is 0 Å². The summed E-state index contributed by atoms with van der Waals surface area (Å²) in [4.78, 5) is 26.4. The molecule has 0 aliphatic carbocycles. The maximum absolute atomic E-state index is 11.5. The Morgan fingerprint density at radius 2 is 2.24 bits per heavy atom. The third-order valence-electron chi connectivity index (χ3n) is 1.88. The lowest BCUT2D eigenvalue weighted by Gasteiger charge is -2.05. The van der Waals surface area contributed by atoms with Crippen LogP contribution < -0.4 is 5.32 Å². The van der Waals surface area contributed by atoms with Crippen molar-refractivity contribution < 1.29 is 14.3 Å². The lowest BCUT2D eigenvalue weighted by Crippen LogP contribution is -2.15. The number of rotatable bonds is 5. The second-order valence-electron chi connectivity index (χ2n) is 3.19. The Labute approximate surface area is 104 Å². The van der Waals surface area contributed by atoms with E-state index in [1.165, 1.54) is 6.20 Å². The quantitative estimate of drug-likeness (QED) is 0.819.